The first-order valence-electron chi connectivity index (χ1n) is 8.41. The summed E-state index contributed by atoms with van der Waals surface area (Å²) in [7, 11) is 0. The van der Waals surface area contributed by atoms with Gasteiger partial charge in [-0.25, -0.2) is 4.52 Å². The predicted molar refractivity (Wildman–Crippen MR) is 107 cm³/mol. The third kappa shape index (κ3) is 2.82. The molecule has 0 unspecified atom stereocenters. The number of aromatic nitrogens is 2. The molecule has 0 aliphatic rings. The van der Waals surface area contributed by atoms with E-state index in [1.165, 1.54) is 4.90 Å². The number of hydrogen-bond acceptors (Lipinski definition) is 3. The Morgan fingerprint density at radius 1 is 0.962 bits per heavy atom. The number of fused-ring (bicyclic) bond motifs is 1. The average molecular weight is 358 g/mol. The van der Waals surface area contributed by atoms with E-state index in [4.69, 9.17) is 5.10 Å². The van der Waals surface area contributed by atoms with E-state index in [-0.39, 0.29) is 5.78 Å². The Kier molecular flexibility index (Phi) is 4.35. The summed E-state index contributed by atoms with van der Waals surface area (Å²) in [5, 5.41) is 4.73. The Morgan fingerprint density at radius 2 is 1.69 bits per heavy atom. The van der Waals surface area contributed by atoms with Crippen molar-refractivity contribution in [1.82, 2.24) is 9.61 Å². The van der Waals surface area contributed by atoms with Crippen molar-refractivity contribution in [2.45, 2.75) is 11.8 Å². The molecule has 0 N–H and O–H groups in total. The summed E-state index contributed by atoms with van der Waals surface area (Å²) in [5.74, 6) is -0.00107. The van der Waals surface area contributed by atoms with Gasteiger partial charge in [-0.3, -0.25) is 4.79 Å². The molecule has 2 aromatic heterocycles. The molecule has 0 atom stereocenters. The lowest BCUT2D eigenvalue weighted by atomic mass is 9.97. The van der Waals surface area contributed by atoms with Crippen molar-refractivity contribution in [2.75, 3.05) is 6.26 Å². The Bertz CT molecular complexity index is 1080. The molecule has 0 saturated heterocycles. The number of aryl methyl sites for hydroxylation is 1. The molecule has 4 aromatic rings. The van der Waals surface area contributed by atoms with Gasteiger partial charge in [0, 0.05) is 22.2 Å². The van der Waals surface area contributed by atoms with E-state index in [1.54, 1.807) is 11.8 Å². The molecule has 0 aliphatic carbocycles. The summed E-state index contributed by atoms with van der Waals surface area (Å²) in [5.41, 5.74) is 4.90. The summed E-state index contributed by atoms with van der Waals surface area (Å²) in [4.78, 5) is 14.5. The zero-order chi connectivity index (χ0) is 18.1. The fourth-order valence-corrected chi connectivity index (χ4v) is 3.58. The molecule has 3 nitrogen and oxygen atoms in total. The minimum Gasteiger partial charge on any atom is -0.288 e. The van der Waals surface area contributed by atoms with Crippen LogP contribution in [0.3, 0.4) is 0 Å². The highest BCUT2D eigenvalue weighted by molar-refractivity contribution is 7.98. The lowest BCUT2D eigenvalue weighted by Crippen LogP contribution is -2.03. The smallest absolute Gasteiger partial charge is 0.197 e. The normalized spacial score (nSPS) is 11.0. The Balaban J connectivity index is 1.98. The van der Waals surface area contributed by atoms with Gasteiger partial charge in [-0.15, -0.1) is 11.8 Å². The first kappa shape index (κ1) is 16.6. The third-order valence-electron chi connectivity index (χ3n) is 4.48. The van der Waals surface area contributed by atoms with E-state index in [9.17, 15) is 4.79 Å². The van der Waals surface area contributed by atoms with Crippen LogP contribution in [-0.4, -0.2) is 21.7 Å². The second-order valence-electron chi connectivity index (χ2n) is 6.13. The van der Waals surface area contributed by atoms with Gasteiger partial charge in [0.25, 0.3) is 0 Å². The minimum atomic E-state index is -0.00107. The number of carbonyl (C=O) groups is 1. The molecular weight excluding hydrogens is 340 g/mol. The van der Waals surface area contributed by atoms with Gasteiger partial charge in [-0.1, -0.05) is 48.5 Å². The van der Waals surface area contributed by atoms with Crippen molar-refractivity contribution in [2.24, 2.45) is 0 Å². The topological polar surface area (TPSA) is 34.4 Å². The average Bonchev–Trinajstić information content (AvgIpc) is 3.09. The first-order valence-corrected chi connectivity index (χ1v) is 9.63. The maximum absolute atomic E-state index is 13.3. The molecule has 0 bridgehead atoms. The monoisotopic (exact) mass is 358 g/mol. The standard InChI is InChI=1S/C22H18N2OS/c1-15-7-6-14-24-21(15)19(22(25)17-8-4-3-5-9-17)20(23-24)16-10-12-18(26-2)13-11-16/h3-14H,1-2H3. The molecule has 0 amide bonds. The highest BCUT2D eigenvalue weighted by atomic mass is 32.2. The lowest BCUT2D eigenvalue weighted by molar-refractivity contribution is 0.104. The van der Waals surface area contributed by atoms with E-state index in [0.717, 1.165) is 22.3 Å². The van der Waals surface area contributed by atoms with Crippen molar-refractivity contribution < 1.29 is 4.79 Å². The van der Waals surface area contributed by atoms with Crippen molar-refractivity contribution in [3.63, 3.8) is 0 Å². The summed E-state index contributed by atoms with van der Waals surface area (Å²) in [6, 6.07) is 21.6. The zero-order valence-corrected chi connectivity index (χ0v) is 15.5. The number of hydrogen-bond donors (Lipinski definition) is 0. The summed E-state index contributed by atoms with van der Waals surface area (Å²) >= 11 is 1.69. The van der Waals surface area contributed by atoms with Gasteiger partial charge < -0.3 is 0 Å². The fourth-order valence-electron chi connectivity index (χ4n) is 3.17. The van der Waals surface area contributed by atoms with Crippen molar-refractivity contribution in [3.05, 3.63) is 89.6 Å². The Morgan fingerprint density at radius 3 is 2.38 bits per heavy atom. The Labute approximate surface area is 156 Å². The SMILES string of the molecule is CSc1ccc(-c2nn3cccc(C)c3c2C(=O)c2ccccc2)cc1. The minimum absolute atomic E-state index is 0.00107. The van der Waals surface area contributed by atoms with Gasteiger partial charge in [0.2, 0.25) is 0 Å². The molecule has 4 heteroatoms. The third-order valence-corrected chi connectivity index (χ3v) is 5.23. The van der Waals surface area contributed by atoms with Crippen LogP contribution < -0.4 is 0 Å². The molecule has 0 fully saturated rings. The fraction of sp³-hybridized carbons (Fsp3) is 0.0909. The predicted octanol–water partition coefficient (Wildman–Crippen LogP) is 5.26. The number of ketones is 1. The number of carbonyl (C=O) groups excluding carboxylic acids is 1. The molecule has 0 radical (unpaired) electrons. The molecule has 0 spiro atoms. The second kappa shape index (κ2) is 6.81. The van der Waals surface area contributed by atoms with Crippen molar-refractivity contribution >= 4 is 23.1 Å². The van der Waals surface area contributed by atoms with E-state index >= 15 is 0 Å². The largest absolute Gasteiger partial charge is 0.288 e. The number of benzene rings is 2. The van der Waals surface area contributed by atoms with Crippen molar-refractivity contribution in [3.8, 4) is 11.3 Å². The van der Waals surface area contributed by atoms with Gasteiger partial charge >= 0.3 is 0 Å². The quantitative estimate of drug-likeness (QED) is 0.368. The molecule has 26 heavy (non-hydrogen) atoms. The molecule has 4 rings (SSSR count). The molecular formula is C22H18N2OS. The van der Waals surface area contributed by atoms with Crippen LogP contribution in [0.15, 0.2) is 77.8 Å². The van der Waals surface area contributed by atoms with Gasteiger partial charge in [-0.05, 0) is 36.9 Å². The van der Waals surface area contributed by atoms with E-state index in [0.29, 0.717) is 11.1 Å². The van der Waals surface area contributed by atoms with Crippen molar-refractivity contribution in [1.29, 1.82) is 0 Å². The second-order valence-corrected chi connectivity index (χ2v) is 7.01. The van der Waals surface area contributed by atoms with Gasteiger partial charge in [0.05, 0.1) is 11.1 Å². The molecule has 2 heterocycles. The number of pyridine rings is 1. The molecule has 128 valence electrons. The lowest BCUT2D eigenvalue weighted by Gasteiger charge is -2.05. The summed E-state index contributed by atoms with van der Waals surface area (Å²) in [6.45, 7) is 2.01. The molecule has 0 saturated carbocycles. The zero-order valence-electron chi connectivity index (χ0n) is 14.6. The highest BCUT2D eigenvalue weighted by Gasteiger charge is 2.23. The van der Waals surface area contributed by atoms with Crippen LogP contribution in [0.1, 0.15) is 21.5 Å². The maximum atomic E-state index is 13.3. The summed E-state index contributed by atoms with van der Waals surface area (Å²) in [6.07, 6.45) is 3.94. The van der Waals surface area contributed by atoms with Crippen LogP contribution >= 0.6 is 11.8 Å². The highest BCUT2D eigenvalue weighted by Crippen LogP contribution is 2.31. The van der Waals surface area contributed by atoms with E-state index in [1.807, 2.05) is 78.5 Å². The van der Waals surface area contributed by atoms with E-state index in [2.05, 4.69) is 12.1 Å². The van der Waals surface area contributed by atoms with Crippen LogP contribution in [0.25, 0.3) is 16.8 Å². The van der Waals surface area contributed by atoms with Gasteiger partial charge in [-0.2, -0.15) is 5.10 Å². The van der Waals surface area contributed by atoms with E-state index < -0.39 is 0 Å². The maximum Gasteiger partial charge on any atom is 0.197 e. The van der Waals surface area contributed by atoms with Crippen LogP contribution in [0.5, 0.6) is 0 Å². The van der Waals surface area contributed by atoms with Crippen LogP contribution in [0, 0.1) is 6.92 Å². The molecule has 2 aromatic carbocycles. The number of thioether (sulfide) groups is 1. The number of nitrogens with zero attached hydrogens (tertiary/aromatic N) is 2. The van der Waals surface area contributed by atoms with Gasteiger partial charge in [0.1, 0.15) is 5.69 Å². The van der Waals surface area contributed by atoms with Crippen LogP contribution in [-0.2, 0) is 0 Å². The Hall–Kier alpha value is -2.85. The van der Waals surface area contributed by atoms with Gasteiger partial charge in [0.15, 0.2) is 5.78 Å². The van der Waals surface area contributed by atoms with Crippen LogP contribution in [0.2, 0.25) is 0 Å². The van der Waals surface area contributed by atoms with Crippen LogP contribution in [0.4, 0.5) is 0 Å². The summed E-state index contributed by atoms with van der Waals surface area (Å²) < 4.78 is 1.81. The first-order chi connectivity index (χ1) is 12.7. The number of rotatable bonds is 4. The molecule has 0 aliphatic heterocycles.